The third-order valence-electron chi connectivity index (χ3n) is 5.03. The number of hydrogen-bond acceptors (Lipinski definition) is 3. The first kappa shape index (κ1) is 19.7. The summed E-state index contributed by atoms with van der Waals surface area (Å²) in [6, 6.07) is 16.2. The van der Waals surface area contributed by atoms with Gasteiger partial charge >= 0.3 is 0 Å². The van der Waals surface area contributed by atoms with E-state index in [9.17, 15) is 9.59 Å². The molecule has 0 saturated heterocycles. The lowest BCUT2D eigenvalue weighted by Gasteiger charge is -2.08. The number of aromatic nitrogens is 2. The van der Waals surface area contributed by atoms with Crippen LogP contribution in [0.25, 0.3) is 22.0 Å². The van der Waals surface area contributed by atoms with E-state index in [-0.39, 0.29) is 5.91 Å². The molecule has 2 aromatic carbocycles. The van der Waals surface area contributed by atoms with Crippen molar-refractivity contribution >= 4 is 34.3 Å². The van der Waals surface area contributed by atoms with Gasteiger partial charge in [-0.2, -0.15) is 0 Å². The molecule has 2 heterocycles. The normalized spacial score (nSPS) is 10.9. The minimum atomic E-state index is -0.516. The van der Waals surface area contributed by atoms with Crippen LogP contribution in [0.4, 0.5) is 0 Å². The summed E-state index contributed by atoms with van der Waals surface area (Å²) in [6.45, 7) is 0.358. The zero-order valence-electron chi connectivity index (χ0n) is 16.2. The molecule has 0 aliphatic heterocycles. The van der Waals surface area contributed by atoms with Crippen LogP contribution in [0.15, 0.2) is 67.0 Å². The molecule has 150 valence electrons. The summed E-state index contributed by atoms with van der Waals surface area (Å²) in [5.74, 6) is -0.735. The number of rotatable bonds is 5. The first-order valence-electron chi connectivity index (χ1n) is 9.31. The predicted molar refractivity (Wildman–Crippen MR) is 117 cm³/mol. The maximum atomic E-state index is 12.9. The SMILES string of the molecule is Cn1c(C(=O)NCc2cccc(Cl)c2)cc2c(-c3ccccc3C(N)=O)cncc21. The Hall–Kier alpha value is -3.64. The van der Waals surface area contributed by atoms with E-state index in [1.54, 1.807) is 41.2 Å². The van der Waals surface area contributed by atoms with Crippen LogP contribution in [0, 0.1) is 0 Å². The van der Waals surface area contributed by atoms with Gasteiger partial charge in [-0.3, -0.25) is 14.6 Å². The highest BCUT2D eigenvalue weighted by Crippen LogP contribution is 2.32. The monoisotopic (exact) mass is 418 g/mol. The highest BCUT2D eigenvalue weighted by atomic mass is 35.5. The number of amides is 2. The van der Waals surface area contributed by atoms with Crippen molar-refractivity contribution < 1.29 is 9.59 Å². The molecule has 2 amide bonds. The van der Waals surface area contributed by atoms with E-state index in [4.69, 9.17) is 17.3 Å². The number of benzene rings is 2. The molecule has 3 N–H and O–H groups in total. The number of fused-ring (bicyclic) bond motifs is 1. The second-order valence-corrected chi connectivity index (χ2v) is 7.37. The molecule has 4 rings (SSSR count). The number of nitrogens with zero attached hydrogens (tertiary/aromatic N) is 2. The third-order valence-corrected chi connectivity index (χ3v) is 5.26. The number of hydrogen-bond donors (Lipinski definition) is 2. The zero-order chi connectivity index (χ0) is 21.3. The summed E-state index contributed by atoms with van der Waals surface area (Å²) in [5, 5.41) is 4.35. The minimum absolute atomic E-state index is 0.220. The molecule has 0 aliphatic rings. The average Bonchev–Trinajstić information content (AvgIpc) is 3.09. The maximum Gasteiger partial charge on any atom is 0.268 e. The van der Waals surface area contributed by atoms with Crippen molar-refractivity contribution in [1.82, 2.24) is 14.9 Å². The van der Waals surface area contributed by atoms with Gasteiger partial charge in [0.15, 0.2) is 0 Å². The van der Waals surface area contributed by atoms with Crippen LogP contribution in [0.2, 0.25) is 5.02 Å². The van der Waals surface area contributed by atoms with Gasteiger partial charge in [0.2, 0.25) is 5.91 Å². The van der Waals surface area contributed by atoms with Crippen molar-refractivity contribution in [2.45, 2.75) is 6.54 Å². The van der Waals surface area contributed by atoms with Crippen molar-refractivity contribution in [3.63, 3.8) is 0 Å². The Balaban J connectivity index is 1.72. The van der Waals surface area contributed by atoms with E-state index in [0.29, 0.717) is 28.4 Å². The van der Waals surface area contributed by atoms with E-state index in [2.05, 4.69) is 10.3 Å². The largest absolute Gasteiger partial charge is 0.366 e. The van der Waals surface area contributed by atoms with Gasteiger partial charge in [-0.1, -0.05) is 41.9 Å². The molecule has 7 heteroatoms. The quantitative estimate of drug-likeness (QED) is 0.514. The molecule has 6 nitrogen and oxygen atoms in total. The molecular weight excluding hydrogens is 400 g/mol. The molecule has 0 saturated carbocycles. The van der Waals surface area contributed by atoms with Crippen molar-refractivity contribution in [1.29, 1.82) is 0 Å². The van der Waals surface area contributed by atoms with E-state index >= 15 is 0 Å². The van der Waals surface area contributed by atoms with E-state index < -0.39 is 5.91 Å². The Bertz CT molecular complexity index is 1280. The Kier molecular flexibility index (Phi) is 5.25. The summed E-state index contributed by atoms with van der Waals surface area (Å²) in [4.78, 5) is 29.0. The van der Waals surface area contributed by atoms with Gasteiger partial charge in [-0.15, -0.1) is 0 Å². The van der Waals surface area contributed by atoms with Crippen LogP contribution in [0.5, 0.6) is 0 Å². The van der Waals surface area contributed by atoms with Gasteiger partial charge in [-0.05, 0) is 35.4 Å². The number of nitrogens with two attached hydrogens (primary N) is 1. The van der Waals surface area contributed by atoms with E-state index in [1.165, 1.54) is 0 Å². The Morgan fingerprint density at radius 2 is 1.87 bits per heavy atom. The van der Waals surface area contributed by atoms with Crippen LogP contribution in [-0.4, -0.2) is 21.4 Å². The molecule has 0 atom stereocenters. The first-order chi connectivity index (χ1) is 14.5. The van der Waals surface area contributed by atoms with Crippen LogP contribution in [0.1, 0.15) is 26.4 Å². The number of primary amides is 1. The molecule has 0 fully saturated rings. The molecule has 0 spiro atoms. The fraction of sp³-hybridized carbons (Fsp3) is 0.0870. The van der Waals surface area contributed by atoms with Gasteiger partial charge < -0.3 is 15.6 Å². The number of aryl methyl sites for hydroxylation is 1. The summed E-state index contributed by atoms with van der Waals surface area (Å²) >= 11 is 6.01. The summed E-state index contributed by atoms with van der Waals surface area (Å²) in [7, 11) is 1.81. The summed E-state index contributed by atoms with van der Waals surface area (Å²) < 4.78 is 1.78. The van der Waals surface area contributed by atoms with Crippen LogP contribution in [-0.2, 0) is 13.6 Å². The van der Waals surface area contributed by atoms with Crippen molar-refractivity contribution in [3.05, 3.63) is 88.8 Å². The van der Waals surface area contributed by atoms with Crippen molar-refractivity contribution in [2.75, 3.05) is 0 Å². The fourth-order valence-electron chi connectivity index (χ4n) is 3.53. The van der Waals surface area contributed by atoms with Crippen LogP contribution in [0.3, 0.4) is 0 Å². The topological polar surface area (TPSA) is 90.0 Å². The maximum absolute atomic E-state index is 12.9. The molecular formula is C23H19ClN4O2. The number of halogens is 1. The van der Waals surface area contributed by atoms with Crippen LogP contribution < -0.4 is 11.1 Å². The van der Waals surface area contributed by atoms with E-state index in [0.717, 1.165) is 22.0 Å². The Morgan fingerprint density at radius 3 is 2.63 bits per heavy atom. The fourth-order valence-corrected chi connectivity index (χ4v) is 3.74. The molecule has 0 unspecified atom stereocenters. The lowest BCUT2D eigenvalue weighted by atomic mass is 9.98. The summed E-state index contributed by atoms with van der Waals surface area (Å²) in [5.41, 5.74) is 9.55. The molecule has 0 aliphatic carbocycles. The average molecular weight is 419 g/mol. The van der Waals surface area contributed by atoms with Crippen LogP contribution >= 0.6 is 11.6 Å². The standard InChI is InChI=1S/C23H19ClN4O2/c1-28-20(23(30)27-11-14-5-4-6-15(24)9-14)10-18-19(12-26-13-21(18)28)16-7-2-3-8-17(16)22(25)29/h2-10,12-13H,11H2,1H3,(H2,25,29)(H,27,30). The number of carbonyl (C=O) groups is 2. The van der Waals surface area contributed by atoms with Crippen molar-refractivity contribution in [2.24, 2.45) is 12.8 Å². The molecule has 0 bridgehead atoms. The second kappa shape index (κ2) is 8.00. The zero-order valence-corrected chi connectivity index (χ0v) is 17.0. The molecule has 30 heavy (non-hydrogen) atoms. The van der Waals surface area contributed by atoms with E-state index in [1.807, 2.05) is 37.4 Å². The minimum Gasteiger partial charge on any atom is -0.366 e. The number of pyridine rings is 1. The van der Waals surface area contributed by atoms with Gasteiger partial charge in [0.1, 0.15) is 5.69 Å². The second-order valence-electron chi connectivity index (χ2n) is 6.93. The smallest absolute Gasteiger partial charge is 0.268 e. The lowest BCUT2D eigenvalue weighted by molar-refractivity contribution is 0.0942. The Labute approximate surface area is 178 Å². The summed E-state index contributed by atoms with van der Waals surface area (Å²) in [6.07, 6.45) is 3.37. The lowest BCUT2D eigenvalue weighted by Crippen LogP contribution is -2.24. The van der Waals surface area contributed by atoms with Gasteiger partial charge in [-0.25, -0.2) is 0 Å². The predicted octanol–water partition coefficient (Wildman–Crippen LogP) is 3.92. The van der Waals surface area contributed by atoms with Crippen molar-refractivity contribution in [3.8, 4) is 11.1 Å². The molecule has 2 aromatic heterocycles. The van der Waals surface area contributed by atoms with Gasteiger partial charge in [0.25, 0.3) is 5.91 Å². The highest BCUT2D eigenvalue weighted by Gasteiger charge is 2.18. The van der Waals surface area contributed by atoms with Gasteiger partial charge in [0.05, 0.1) is 11.7 Å². The highest BCUT2D eigenvalue weighted by molar-refractivity contribution is 6.30. The van der Waals surface area contributed by atoms with Gasteiger partial charge in [0, 0.05) is 41.3 Å². The molecule has 0 radical (unpaired) electrons. The number of carbonyl (C=O) groups excluding carboxylic acids is 2. The number of nitrogens with one attached hydrogen (secondary N) is 1. The Morgan fingerprint density at radius 1 is 1.07 bits per heavy atom. The third kappa shape index (κ3) is 3.65. The first-order valence-corrected chi connectivity index (χ1v) is 9.69. The molecule has 4 aromatic rings.